The lowest BCUT2D eigenvalue weighted by molar-refractivity contribution is 0.102. The molecule has 2 heterocycles. The predicted molar refractivity (Wildman–Crippen MR) is 79.1 cm³/mol. The second-order valence-corrected chi connectivity index (χ2v) is 4.79. The van der Waals surface area contributed by atoms with E-state index in [2.05, 4.69) is 10.3 Å². The standard InChI is InChI=1S/C16H15N3O/c1-11-5-3-6-12(2)15(11)18-16(20)13-7-4-8-14-17-9-10-19(13)14/h3-10H,1-2H3,(H,18,20). The Morgan fingerprint density at radius 2 is 1.80 bits per heavy atom. The number of nitrogens with one attached hydrogen (secondary N) is 1. The van der Waals surface area contributed by atoms with Crippen LogP contribution in [0, 0.1) is 13.8 Å². The van der Waals surface area contributed by atoms with Crippen molar-refractivity contribution in [2.24, 2.45) is 0 Å². The summed E-state index contributed by atoms with van der Waals surface area (Å²) in [5.74, 6) is -0.133. The molecule has 20 heavy (non-hydrogen) atoms. The van der Waals surface area contributed by atoms with Gasteiger partial charge >= 0.3 is 0 Å². The van der Waals surface area contributed by atoms with Gasteiger partial charge in [0.15, 0.2) is 0 Å². The highest BCUT2D eigenvalue weighted by atomic mass is 16.1. The molecule has 1 N–H and O–H groups in total. The van der Waals surface area contributed by atoms with E-state index in [1.807, 2.05) is 44.2 Å². The summed E-state index contributed by atoms with van der Waals surface area (Å²) in [6.45, 7) is 3.97. The number of pyridine rings is 1. The topological polar surface area (TPSA) is 46.4 Å². The van der Waals surface area contributed by atoms with E-state index in [9.17, 15) is 4.79 Å². The molecule has 0 bridgehead atoms. The first-order valence-corrected chi connectivity index (χ1v) is 6.46. The molecular weight excluding hydrogens is 250 g/mol. The molecule has 3 rings (SSSR count). The largest absolute Gasteiger partial charge is 0.320 e. The van der Waals surface area contributed by atoms with E-state index in [1.54, 1.807) is 22.9 Å². The van der Waals surface area contributed by atoms with E-state index in [4.69, 9.17) is 0 Å². The van der Waals surface area contributed by atoms with Crippen LogP contribution in [0.3, 0.4) is 0 Å². The van der Waals surface area contributed by atoms with E-state index in [0.717, 1.165) is 22.5 Å². The Balaban J connectivity index is 2.00. The van der Waals surface area contributed by atoms with Crippen LogP contribution in [0.5, 0.6) is 0 Å². The van der Waals surface area contributed by atoms with Crippen molar-refractivity contribution >= 4 is 17.2 Å². The van der Waals surface area contributed by atoms with Crippen molar-refractivity contribution in [1.29, 1.82) is 0 Å². The summed E-state index contributed by atoms with van der Waals surface area (Å²) in [7, 11) is 0. The van der Waals surface area contributed by atoms with Gasteiger partial charge in [0.25, 0.3) is 5.91 Å². The van der Waals surface area contributed by atoms with Crippen molar-refractivity contribution in [2.45, 2.75) is 13.8 Å². The number of hydrogen-bond acceptors (Lipinski definition) is 2. The third-order valence-corrected chi connectivity index (χ3v) is 3.38. The molecule has 1 amide bonds. The summed E-state index contributed by atoms with van der Waals surface area (Å²) in [6, 6.07) is 11.5. The molecule has 0 unspecified atom stereocenters. The van der Waals surface area contributed by atoms with Crippen LogP contribution in [0.2, 0.25) is 0 Å². The molecule has 0 spiro atoms. The number of aryl methyl sites for hydroxylation is 2. The summed E-state index contributed by atoms with van der Waals surface area (Å²) >= 11 is 0. The number of anilines is 1. The van der Waals surface area contributed by atoms with Crippen LogP contribution in [0.15, 0.2) is 48.8 Å². The third kappa shape index (κ3) is 2.05. The molecular formula is C16H15N3O. The second kappa shape index (κ2) is 4.81. The summed E-state index contributed by atoms with van der Waals surface area (Å²) < 4.78 is 1.78. The zero-order valence-electron chi connectivity index (χ0n) is 11.4. The van der Waals surface area contributed by atoms with Crippen LogP contribution in [0.25, 0.3) is 5.65 Å². The van der Waals surface area contributed by atoms with Gasteiger partial charge < -0.3 is 5.32 Å². The summed E-state index contributed by atoms with van der Waals surface area (Å²) in [6.07, 6.45) is 3.47. The van der Waals surface area contributed by atoms with Crippen molar-refractivity contribution in [3.8, 4) is 0 Å². The van der Waals surface area contributed by atoms with Crippen LogP contribution < -0.4 is 5.32 Å². The number of nitrogens with zero attached hydrogens (tertiary/aromatic N) is 2. The predicted octanol–water partition coefficient (Wildman–Crippen LogP) is 3.20. The third-order valence-electron chi connectivity index (χ3n) is 3.38. The van der Waals surface area contributed by atoms with Gasteiger partial charge in [-0.2, -0.15) is 0 Å². The molecule has 0 aliphatic heterocycles. The number of benzene rings is 1. The van der Waals surface area contributed by atoms with Crippen molar-refractivity contribution < 1.29 is 4.79 Å². The van der Waals surface area contributed by atoms with Crippen LogP contribution in [-0.2, 0) is 0 Å². The summed E-state index contributed by atoms with van der Waals surface area (Å²) in [5.41, 5.74) is 4.31. The molecule has 0 aliphatic rings. The number of aromatic nitrogens is 2. The van der Waals surface area contributed by atoms with Crippen molar-refractivity contribution in [1.82, 2.24) is 9.38 Å². The van der Waals surface area contributed by atoms with Gasteiger partial charge in [0, 0.05) is 18.1 Å². The fourth-order valence-corrected chi connectivity index (χ4v) is 2.32. The first-order chi connectivity index (χ1) is 9.66. The molecule has 0 aliphatic carbocycles. The van der Waals surface area contributed by atoms with E-state index in [-0.39, 0.29) is 5.91 Å². The van der Waals surface area contributed by atoms with Gasteiger partial charge in [0.2, 0.25) is 0 Å². The van der Waals surface area contributed by atoms with E-state index < -0.39 is 0 Å². The van der Waals surface area contributed by atoms with Crippen molar-refractivity contribution in [2.75, 3.05) is 5.32 Å². The molecule has 0 radical (unpaired) electrons. The summed E-state index contributed by atoms with van der Waals surface area (Å²) in [4.78, 5) is 16.7. The molecule has 3 aromatic rings. The number of fused-ring (bicyclic) bond motifs is 1. The van der Waals surface area contributed by atoms with Gasteiger partial charge in [-0.15, -0.1) is 0 Å². The van der Waals surface area contributed by atoms with Crippen molar-refractivity contribution in [3.63, 3.8) is 0 Å². The average Bonchev–Trinajstić information content (AvgIpc) is 2.91. The SMILES string of the molecule is Cc1cccc(C)c1NC(=O)c1cccc2nccn12. The Labute approximate surface area is 117 Å². The number of imidazole rings is 1. The zero-order valence-corrected chi connectivity index (χ0v) is 11.4. The monoisotopic (exact) mass is 265 g/mol. The molecule has 4 nitrogen and oxygen atoms in total. The number of amides is 1. The highest BCUT2D eigenvalue weighted by Gasteiger charge is 2.12. The van der Waals surface area contributed by atoms with E-state index >= 15 is 0 Å². The molecule has 1 aromatic carbocycles. The zero-order chi connectivity index (χ0) is 14.1. The first-order valence-electron chi connectivity index (χ1n) is 6.46. The number of para-hydroxylation sites is 1. The van der Waals surface area contributed by atoms with Gasteiger partial charge in [-0.3, -0.25) is 9.20 Å². The minimum atomic E-state index is -0.133. The van der Waals surface area contributed by atoms with E-state index in [1.165, 1.54) is 0 Å². The van der Waals surface area contributed by atoms with Crippen LogP contribution >= 0.6 is 0 Å². The van der Waals surface area contributed by atoms with Gasteiger partial charge in [0.05, 0.1) is 0 Å². The molecule has 2 aromatic heterocycles. The minimum absolute atomic E-state index is 0.133. The van der Waals surface area contributed by atoms with Crippen LogP contribution in [0.4, 0.5) is 5.69 Å². The summed E-state index contributed by atoms with van der Waals surface area (Å²) in [5, 5.41) is 2.99. The normalized spacial score (nSPS) is 10.7. The lowest BCUT2D eigenvalue weighted by atomic mass is 10.1. The Bertz CT molecular complexity index is 769. The molecule has 0 saturated heterocycles. The molecule has 0 saturated carbocycles. The fraction of sp³-hybridized carbons (Fsp3) is 0.125. The quantitative estimate of drug-likeness (QED) is 0.773. The highest BCUT2D eigenvalue weighted by molar-refractivity contribution is 6.04. The molecule has 4 heteroatoms. The lowest BCUT2D eigenvalue weighted by Gasteiger charge is -2.12. The number of rotatable bonds is 2. The fourth-order valence-electron chi connectivity index (χ4n) is 2.32. The van der Waals surface area contributed by atoms with Gasteiger partial charge in [-0.1, -0.05) is 24.3 Å². The second-order valence-electron chi connectivity index (χ2n) is 4.79. The van der Waals surface area contributed by atoms with E-state index in [0.29, 0.717) is 5.69 Å². The maximum Gasteiger partial charge on any atom is 0.272 e. The number of hydrogen-bond donors (Lipinski definition) is 1. The van der Waals surface area contributed by atoms with Gasteiger partial charge in [0.1, 0.15) is 11.3 Å². The van der Waals surface area contributed by atoms with Crippen molar-refractivity contribution in [3.05, 3.63) is 65.6 Å². The Hall–Kier alpha value is -2.62. The van der Waals surface area contributed by atoms with Gasteiger partial charge in [-0.05, 0) is 37.1 Å². The number of carbonyl (C=O) groups is 1. The maximum atomic E-state index is 12.5. The molecule has 0 atom stereocenters. The van der Waals surface area contributed by atoms with Crippen LogP contribution in [-0.4, -0.2) is 15.3 Å². The first kappa shape index (κ1) is 12.4. The van der Waals surface area contributed by atoms with Gasteiger partial charge in [-0.25, -0.2) is 4.98 Å². The Kier molecular flexibility index (Phi) is 2.99. The molecule has 0 fully saturated rings. The Morgan fingerprint density at radius 3 is 2.55 bits per heavy atom. The maximum absolute atomic E-state index is 12.5. The Morgan fingerprint density at radius 1 is 1.10 bits per heavy atom. The average molecular weight is 265 g/mol. The lowest BCUT2D eigenvalue weighted by Crippen LogP contribution is -2.16. The number of carbonyl (C=O) groups excluding carboxylic acids is 1. The smallest absolute Gasteiger partial charge is 0.272 e. The van der Waals surface area contributed by atoms with Crippen LogP contribution in [0.1, 0.15) is 21.6 Å². The highest BCUT2D eigenvalue weighted by Crippen LogP contribution is 2.20. The molecule has 100 valence electrons. The minimum Gasteiger partial charge on any atom is -0.320 e.